The van der Waals surface area contributed by atoms with E-state index < -0.39 is 10.8 Å². The van der Waals surface area contributed by atoms with Crippen molar-refractivity contribution in [2.75, 3.05) is 0 Å². The van der Waals surface area contributed by atoms with Gasteiger partial charge >= 0.3 is 0 Å². The lowest BCUT2D eigenvalue weighted by Gasteiger charge is -2.35. The van der Waals surface area contributed by atoms with Crippen LogP contribution in [-0.2, 0) is 10.8 Å². The van der Waals surface area contributed by atoms with Gasteiger partial charge in [-0.3, -0.25) is 0 Å². The predicted molar refractivity (Wildman–Crippen MR) is 376 cm³/mol. The Morgan fingerprint density at radius 2 is 0.359 bits per heavy atom. The molecule has 474 valence electrons. The monoisotopic (exact) mass is 1230 g/mol. The lowest BCUT2D eigenvalue weighted by atomic mass is 9.67. The largest absolute Gasteiger partial charge is 0.507 e. The van der Waals surface area contributed by atoms with Crippen LogP contribution in [0.15, 0.2) is 97.1 Å². The average Bonchev–Trinajstić information content (AvgIpc) is 0.731. The van der Waals surface area contributed by atoms with E-state index in [1.165, 1.54) is 0 Å². The first-order chi connectivity index (χ1) is 43.0. The van der Waals surface area contributed by atoms with Crippen LogP contribution >= 0.6 is 0 Å². The van der Waals surface area contributed by atoms with Crippen LogP contribution in [0.3, 0.4) is 0 Å². The molecule has 0 aromatic heterocycles. The van der Waals surface area contributed by atoms with Crippen molar-refractivity contribution in [3.8, 4) is 119 Å². The molecule has 0 heterocycles. The molecule has 0 saturated carbocycles. The highest BCUT2D eigenvalue weighted by Gasteiger charge is 2.38. The van der Waals surface area contributed by atoms with Gasteiger partial charge in [-0.15, -0.1) is 0 Å². The Bertz CT molecular complexity index is 4350. The summed E-state index contributed by atoms with van der Waals surface area (Å²) in [5, 5.41) is 107. The summed E-state index contributed by atoms with van der Waals surface area (Å²) < 4.78 is 0. The van der Waals surface area contributed by atoms with E-state index in [9.17, 15) is 46.0 Å². The van der Waals surface area contributed by atoms with E-state index >= 15 is 0 Å². The third-order valence-electron chi connectivity index (χ3n) is 21.5. The number of phenolic OH excluding ortho intramolecular Hbond substituents is 9. The highest BCUT2D eigenvalue weighted by atomic mass is 16.3. The van der Waals surface area contributed by atoms with Gasteiger partial charge in [-0.25, -0.2) is 0 Å². The third kappa shape index (κ3) is 10.2. The zero-order chi connectivity index (χ0) is 67.7. The van der Waals surface area contributed by atoms with Gasteiger partial charge in [0.15, 0.2) is 0 Å². The topological polar surface area (TPSA) is 182 Å². The second-order valence-corrected chi connectivity index (χ2v) is 27.1. The van der Waals surface area contributed by atoms with E-state index in [1.807, 2.05) is 185 Å². The van der Waals surface area contributed by atoms with Crippen LogP contribution in [0.2, 0.25) is 0 Å². The maximum absolute atomic E-state index is 13.1. The molecule has 10 aromatic carbocycles. The van der Waals surface area contributed by atoms with Gasteiger partial charge in [0.1, 0.15) is 51.7 Å². The molecule has 0 aliphatic rings. The normalized spacial score (nSPS) is 11.9. The SMILES string of the molecule is Cc1cc(-c2cc(C(C)(C)c3ccc(C(C)(c4cc(-c5cc(C)c(O)c(C)c5C)c(O)c(-c5cc(C)c(O)c(C)c5C)c4)c4cc(-c5cc(C)c(O)c(C)c5C)c(O)c(-c5cc(C)c(O)c(C)c5C)c4)cc3)cc(-c3cc(C)c(O)c(C)c3C)c2O)c(C)c(C)c1O. The van der Waals surface area contributed by atoms with Gasteiger partial charge in [-0.1, -0.05) is 38.1 Å². The Labute approximate surface area is 542 Å². The van der Waals surface area contributed by atoms with Gasteiger partial charge < -0.3 is 46.0 Å². The smallest absolute Gasteiger partial charge is 0.131 e. The summed E-state index contributed by atoms with van der Waals surface area (Å²) in [7, 11) is 0. The van der Waals surface area contributed by atoms with Crippen LogP contribution < -0.4 is 0 Å². The molecule has 0 fully saturated rings. The van der Waals surface area contributed by atoms with Crippen LogP contribution in [0.25, 0.3) is 66.8 Å². The molecule has 0 amide bonds. The highest BCUT2D eigenvalue weighted by Crippen LogP contribution is 2.55. The highest BCUT2D eigenvalue weighted by molar-refractivity contribution is 5.92. The molecule has 9 N–H and O–H groups in total. The van der Waals surface area contributed by atoms with Crippen LogP contribution in [0.4, 0.5) is 0 Å². The van der Waals surface area contributed by atoms with Crippen molar-refractivity contribution in [2.24, 2.45) is 0 Å². The molecule has 9 nitrogen and oxygen atoms in total. The summed E-state index contributed by atoms with van der Waals surface area (Å²) >= 11 is 0. The summed E-state index contributed by atoms with van der Waals surface area (Å²) in [5.41, 5.74) is 22.9. The lowest BCUT2D eigenvalue weighted by molar-refractivity contribution is 0.465. The van der Waals surface area contributed by atoms with Gasteiger partial charge in [0.2, 0.25) is 0 Å². The zero-order valence-electron chi connectivity index (χ0n) is 57.3. The van der Waals surface area contributed by atoms with Crippen LogP contribution in [0, 0.1) is 125 Å². The molecule has 10 rings (SSSR count). The van der Waals surface area contributed by atoms with Crippen molar-refractivity contribution in [2.45, 2.75) is 156 Å². The molecular weight excluding hydrogens is 1140 g/mol. The predicted octanol–water partition coefficient (Wildman–Crippen LogP) is 20.3. The molecule has 0 aliphatic carbocycles. The fourth-order valence-corrected chi connectivity index (χ4v) is 14.0. The summed E-state index contributed by atoms with van der Waals surface area (Å²) in [5.74, 6) is 1.22. The van der Waals surface area contributed by atoms with Gasteiger partial charge in [0, 0.05) is 44.2 Å². The molecule has 0 saturated heterocycles. The maximum atomic E-state index is 13.1. The van der Waals surface area contributed by atoms with Crippen molar-refractivity contribution >= 4 is 0 Å². The first kappa shape index (κ1) is 65.4. The Morgan fingerprint density at radius 1 is 0.185 bits per heavy atom. The Balaban J connectivity index is 1.33. The molecule has 92 heavy (non-hydrogen) atoms. The fraction of sp³-hybridized carbons (Fsp3) is 0.277. The summed E-state index contributed by atoms with van der Waals surface area (Å²) in [6.45, 7) is 40.6. The van der Waals surface area contributed by atoms with Crippen LogP contribution in [0.1, 0.15) is 149 Å². The standard InChI is InChI=1S/C83H88O9/c1-38-26-61(44(7)50(13)73(38)84)67-32-58(33-68(79(67)90)62-27-39(2)74(85)51(14)45(62)8)82(19,20)56-22-24-57(25-23-56)83(21,59-34-69(63-28-40(3)75(86)52(15)46(63)9)80(91)70(35-59)64-29-41(4)76(87)53(16)47(64)10)60-36-71(65-30-42(5)77(88)54(17)48(65)11)81(92)72(37-60)66-31-43(6)78(89)55(18)49(66)12/h22-37,84-92H,1-21H3. The lowest BCUT2D eigenvalue weighted by Crippen LogP contribution is -2.27. The zero-order valence-corrected chi connectivity index (χ0v) is 57.3. The first-order valence-electron chi connectivity index (χ1n) is 31.5. The van der Waals surface area contributed by atoms with Crippen molar-refractivity contribution in [1.82, 2.24) is 0 Å². The average molecular weight is 1230 g/mol. The van der Waals surface area contributed by atoms with Gasteiger partial charge in [-0.2, -0.15) is 0 Å². The second kappa shape index (κ2) is 23.3. The van der Waals surface area contributed by atoms with Gasteiger partial charge in [0.25, 0.3) is 0 Å². The quantitative estimate of drug-likeness (QED) is 0.0569. The van der Waals surface area contributed by atoms with E-state index in [-0.39, 0.29) is 51.7 Å². The Kier molecular flexibility index (Phi) is 16.5. The van der Waals surface area contributed by atoms with Crippen molar-refractivity contribution in [3.05, 3.63) is 225 Å². The molecule has 0 aliphatic heterocycles. The minimum Gasteiger partial charge on any atom is -0.507 e. The number of aryl methyl sites for hydroxylation is 6. The molecule has 0 spiro atoms. The summed E-state index contributed by atoms with van der Waals surface area (Å²) in [6.07, 6.45) is 0. The van der Waals surface area contributed by atoms with E-state index in [2.05, 4.69) is 57.2 Å². The first-order valence-corrected chi connectivity index (χ1v) is 31.5. The third-order valence-corrected chi connectivity index (χ3v) is 21.5. The minimum absolute atomic E-state index is 0.0186. The fourth-order valence-electron chi connectivity index (χ4n) is 14.0. The molecule has 0 atom stereocenters. The molecule has 0 bridgehead atoms. The number of benzene rings is 10. The molecule has 9 heteroatoms. The van der Waals surface area contributed by atoms with Crippen LogP contribution in [0.5, 0.6) is 51.7 Å². The Morgan fingerprint density at radius 3 is 0.554 bits per heavy atom. The number of hydrogen-bond acceptors (Lipinski definition) is 9. The summed E-state index contributed by atoms with van der Waals surface area (Å²) in [6, 6.07) is 32.4. The maximum Gasteiger partial charge on any atom is 0.131 e. The number of aromatic hydroxyl groups is 9. The number of phenols is 9. The van der Waals surface area contributed by atoms with E-state index in [0.29, 0.717) is 89.0 Å². The minimum atomic E-state index is -1.18. The van der Waals surface area contributed by atoms with Gasteiger partial charge in [-0.05, 0) is 366 Å². The second-order valence-electron chi connectivity index (χ2n) is 27.1. The van der Waals surface area contributed by atoms with Crippen molar-refractivity contribution in [1.29, 1.82) is 0 Å². The van der Waals surface area contributed by atoms with E-state index in [0.717, 1.165) is 106 Å². The van der Waals surface area contributed by atoms with E-state index in [4.69, 9.17) is 0 Å². The Hall–Kier alpha value is -9.60. The molecule has 10 aromatic rings. The number of rotatable bonds is 11. The van der Waals surface area contributed by atoms with Gasteiger partial charge in [0.05, 0.1) is 0 Å². The molecular formula is C83H88O9. The van der Waals surface area contributed by atoms with Crippen molar-refractivity contribution < 1.29 is 46.0 Å². The molecule has 0 unspecified atom stereocenters. The summed E-state index contributed by atoms with van der Waals surface area (Å²) in [4.78, 5) is 0. The van der Waals surface area contributed by atoms with Crippen LogP contribution in [-0.4, -0.2) is 46.0 Å². The number of hydrogen-bond donors (Lipinski definition) is 9. The van der Waals surface area contributed by atoms with Crippen molar-refractivity contribution in [3.63, 3.8) is 0 Å². The molecule has 0 radical (unpaired) electrons. The van der Waals surface area contributed by atoms with E-state index in [1.54, 1.807) is 0 Å².